The van der Waals surface area contributed by atoms with E-state index in [1.165, 1.54) is 19.1 Å². The molecule has 0 saturated carbocycles. The Morgan fingerprint density at radius 3 is 2.17 bits per heavy atom. The van der Waals surface area contributed by atoms with Crippen molar-refractivity contribution in [1.29, 1.82) is 0 Å². The van der Waals surface area contributed by atoms with Crippen LogP contribution in [0.2, 0.25) is 0 Å². The van der Waals surface area contributed by atoms with Gasteiger partial charge in [0.05, 0.1) is 0 Å². The zero-order chi connectivity index (χ0) is 17.6. The number of hydrazone groups is 1. The molecule has 1 aliphatic rings. The third kappa shape index (κ3) is 3.10. The van der Waals surface area contributed by atoms with Crippen molar-refractivity contribution in [3.63, 3.8) is 0 Å². The highest BCUT2D eigenvalue weighted by Crippen LogP contribution is 2.40. The Morgan fingerprint density at radius 1 is 1.22 bits per heavy atom. The molecule has 7 heteroatoms. The predicted octanol–water partition coefficient (Wildman–Crippen LogP) is 3.46. The predicted molar refractivity (Wildman–Crippen MR) is 80.0 cm³/mol. The minimum atomic E-state index is -4.99. The van der Waals surface area contributed by atoms with Crippen LogP contribution in [0.25, 0.3) is 0 Å². The van der Waals surface area contributed by atoms with E-state index < -0.39 is 24.2 Å². The molecular weight excluding hydrogens is 309 g/mol. The lowest BCUT2D eigenvalue weighted by Crippen LogP contribution is -2.56. The molecule has 1 heterocycles. The number of hydrogen-bond acceptors (Lipinski definition) is 3. The highest BCUT2D eigenvalue weighted by Gasteiger charge is 2.62. The summed E-state index contributed by atoms with van der Waals surface area (Å²) in [5.41, 5.74) is -2.40. The molecule has 2 rings (SSSR count). The van der Waals surface area contributed by atoms with Crippen molar-refractivity contribution in [2.45, 2.75) is 51.4 Å². The number of halogens is 3. The molecular formula is C16H19F3N2O2. The number of hydrogen-bond donors (Lipinski definition) is 1. The maximum Gasteiger partial charge on any atom is 0.438 e. The molecule has 0 fully saturated rings. The fourth-order valence-electron chi connectivity index (χ4n) is 2.39. The molecule has 0 spiro atoms. The molecule has 126 valence electrons. The van der Waals surface area contributed by atoms with Gasteiger partial charge in [-0.05, 0) is 30.0 Å². The topological polar surface area (TPSA) is 52.9 Å². The van der Waals surface area contributed by atoms with E-state index in [0.29, 0.717) is 0 Å². The van der Waals surface area contributed by atoms with Crippen LogP contribution in [-0.2, 0) is 5.41 Å². The number of nitrogens with zero attached hydrogens (tertiary/aromatic N) is 2. The van der Waals surface area contributed by atoms with Crippen molar-refractivity contribution in [2.24, 2.45) is 5.10 Å². The van der Waals surface area contributed by atoms with Crippen LogP contribution in [0.1, 0.15) is 50.0 Å². The summed E-state index contributed by atoms with van der Waals surface area (Å²) < 4.78 is 39.4. The van der Waals surface area contributed by atoms with Crippen molar-refractivity contribution < 1.29 is 23.1 Å². The normalized spacial score (nSPS) is 22.3. The Balaban J connectivity index is 2.36. The van der Waals surface area contributed by atoms with Crippen LogP contribution in [0, 0.1) is 0 Å². The molecule has 4 nitrogen and oxygen atoms in total. The molecule has 1 aliphatic heterocycles. The molecule has 0 radical (unpaired) electrons. The first-order chi connectivity index (χ1) is 10.4. The van der Waals surface area contributed by atoms with Crippen molar-refractivity contribution in [1.82, 2.24) is 5.01 Å². The van der Waals surface area contributed by atoms with Crippen molar-refractivity contribution >= 4 is 11.6 Å². The van der Waals surface area contributed by atoms with Crippen LogP contribution in [0.5, 0.6) is 0 Å². The summed E-state index contributed by atoms with van der Waals surface area (Å²) >= 11 is 0. The first-order valence-electron chi connectivity index (χ1n) is 7.14. The number of carbonyl (C=O) groups excluding carboxylic acids is 1. The Morgan fingerprint density at radius 2 is 1.74 bits per heavy atom. The Bertz CT molecular complexity index is 645. The van der Waals surface area contributed by atoms with E-state index in [1.807, 2.05) is 20.8 Å². The molecule has 0 aromatic heterocycles. The zero-order valence-corrected chi connectivity index (χ0v) is 13.4. The fourth-order valence-corrected chi connectivity index (χ4v) is 2.39. The molecule has 1 aromatic carbocycles. The lowest BCUT2D eigenvalue weighted by molar-refractivity contribution is -0.297. The largest absolute Gasteiger partial charge is 0.438 e. The summed E-state index contributed by atoms with van der Waals surface area (Å²) in [5.74, 6) is -0.984. The summed E-state index contributed by atoms with van der Waals surface area (Å²) in [7, 11) is 0. The van der Waals surface area contributed by atoms with Gasteiger partial charge >= 0.3 is 6.18 Å². The molecule has 1 atom stereocenters. The molecule has 1 N–H and O–H groups in total. The highest BCUT2D eigenvalue weighted by molar-refractivity contribution is 5.97. The van der Waals surface area contributed by atoms with Gasteiger partial charge in [-0.25, -0.2) is 0 Å². The van der Waals surface area contributed by atoms with Gasteiger partial charge in [-0.2, -0.15) is 23.3 Å². The van der Waals surface area contributed by atoms with Crippen LogP contribution >= 0.6 is 0 Å². The van der Waals surface area contributed by atoms with Gasteiger partial charge in [0, 0.05) is 17.7 Å². The quantitative estimate of drug-likeness (QED) is 0.858. The molecule has 0 unspecified atom stereocenters. The number of amides is 1. The second kappa shape index (κ2) is 5.33. The first kappa shape index (κ1) is 17.5. The molecule has 0 bridgehead atoms. The fraction of sp³-hybridized carbons (Fsp3) is 0.500. The molecule has 23 heavy (non-hydrogen) atoms. The van der Waals surface area contributed by atoms with E-state index in [9.17, 15) is 23.1 Å². The number of aliphatic hydroxyl groups is 1. The van der Waals surface area contributed by atoms with E-state index in [1.54, 1.807) is 12.1 Å². The maximum absolute atomic E-state index is 13.1. The van der Waals surface area contributed by atoms with Crippen molar-refractivity contribution in [3.8, 4) is 0 Å². The van der Waals surface area contributed by atoms with Crippen LogP contribution < -0.4 is 0 Å². The number of rotatable bonds is 1. The van der Waals surface area contributed by atoms with Gasteiger partial charge in [0.25, 0.3) is 11.6 Å². The van der Waals surface area contributed by atoms with E-state index in [0.717, 1.165) is 5.56 Å². The van der Waals surface area contributed by atoms with E-state index >= 15 is 0 Å². The van der Waals surface area contributed by atoms with Gasteiger partial charge in [-0.15, -0.1) is 0 Å². The van der Waals surface area contributed by atoms with Gasteiger partial charge in [0.15, 0.2) is 0 Å². The summed E-state index contributed by atoms with van der Waals surface area (Å²) in [4.78, 5) is 12.4. The SMILES string of the molecule is CC1=NN(C(=O)c2ccc(C(C)(C)C)cc2)[C@@](O)(C(F)(F)F)C1. The van der Waals surface area contributed by atoms with Crippen LogP contribution in [0.15, 0.2) is 29.4 Å². The average Bonchev–Trinajstić information content (AvgIpc) is 2.73. The molecule has 1 amide bonds. The Hall–Kier alpha value is -1.89. The third-order valence-corrected chi connectivity index (χ3v) is 3.77. The van der Waals surface area contributed by atoms with Gasteiger partial charge in [0.2, 0.25) is 0 Å². The Labute approximate surface area is 132 Å². The van der Waals surface area contributed by atoms with E-state index in [4.69, 9.17) is 0 Å². The van der Waals surface area contributed by atoms with E-state index in [2.05, 4.69) is 5.10 Å². The molecule has 1 aromatic rings. The first-order valence-corrected chi connectivity index (χ1v) is 7.14. The van der Waals surface area contributed by atoms with Crippen LogP contribution in [0.3, 0.4) is 0 Å². The standard InChI is InChI=1S/C16H19F3N2O2/c1-10-9-15(23,16(17,18)19)21(20-10)13(22)11-5-7-12(8-6-11)14(2,3)4/h5-8,23H,9H2,1-4H3/t15-/m0/s1. The van der Waals surface area contributed by atoms with Crippen LogP contribution in [-0.4, -0.2) is 33.6 Å². The van der Waals surface area contributed by atoms with Crippen molar-refractivity contribution in [3.05, 3.63) is 35.4 Å². The zero-order valence-electron chi connectivity index (χ0n) is 13.4. The van der Waals surface area contributed by atoms with E-state index in [-0.39, 0.29) is 21.7 Å². The third-order valence-electron chi connectivity index (χ3n) is 3.77. The van der Waals surface area contributed by atoms with Gasteiger partial charge < -0.3 is 5.11 Å². The number of benzene rings is 1. The average molecular weight is 328 g/mol. The molecule has 0 aliphatic carbocycles. The summed E-state index contributed by atoms with van der Waals surface area (Å²) in [6.45, 7) is 7.30. The van der Waals surface area contributed by atoms with Gasteiger partial charge in [-0.3, -0.25) is 4.79 Å². The maximum atomic E-state index is 13.1. The second-order valence-corrected chi connectivity index (χ2v) is 6.77. The molecule has 0 saturated heterocycles. The summed E-state index contributed by atoms with van der Waals surface area (Å²) in [6.07, 6.45) is -5.74. The highest BCUT2D eigenvalue weighted by atomic mass is 19.4. The lowest BCUT2D eigenvalue weighted by Gasteiger charge is -2.32. The number of alkyl halides is 3. The lowest BCUT2D eigenvalue weighted by atomic mass is 9.86. The van der Waals surface area contributed by atoms with Crippen LogP contribution in [0.4, 0.5) is 13.2 Å². The smallest absolute Gasteiger partial charge is 0.362 e. The van der Waals surface area contributed by atoms with Crippen molar-refractivity contribution in [2.75, 3.05) is 0 Å². The minimum absolute atomic E-state index is 0.0409. The monoisotopic (exact) mass is 328 g/mol. The minimum Gasteiger partial charge on any atom is -0.362 e. The summed E-state index contributed by atoms with van der Waals surface area (Å²) in [5, 5.41) is 13.7. The second-order valence-electron chi connectivity index (χ2n) is 6.77. The van der Waals surface area contributed by atoms with Gasteiger partial charge in [-0.1, -0.05) is 32.9 Å². The number of carbonyl (C=O) groups is 1. The van der Waals surface area contributed by atoms with Gasteiger partial charge in [0.1, 0.15) is 0 Å². The Kier molecular flexibility index (Phi) is 4.05. The summed E-state index contributed by atoms with van der Waals surface area (Å²) in [6, 6.07) is 6.27.